The first-order valence-corrected chi connectivity index (χ1v) is 18.4. The summed E-state index contributed by atoms with van der Waals surface area (Å²) in [5.74, 6) is 0.492. The lowest BCUT2D eigenvalue weighted by Crippen LogP contribution is -2.45. The van der Waals surface area contributed by atoms with Crippen molar-refractivity contribution in [1.29, 1.82) is 0 Å². The smallest absolute Gasteiger partial charge is 0.407 e. The Labute approximate surface area is 272 Å². The van der Waals surface area contributed by atoms with Crippen molar-refractivity contribution in [1.82, 2.24) is 30.4 Å². The van der Waals surface area contributed by atoms with E-state index in [1.807, 2.05) is 30.3 Å². The van der Waals surface area contributed by atoms with Gasteiger partial charge in [-0.1, -0.05) is 61.4 Å². The second-order valence-corrected chi connectivity index (χ2v) is 18.4. The topological polar surface area (TPSA) is 144 Å². The summed E-state index contributed by atoms with van der Waals surface area (Å²) in [6, 6.07) is 8.50. The molecule has 0 spiro atoms. The predicted octanol–water partition coefficient (Wildman–Crippen LogP) is 4.93. The third-order valence-corrected chi connectivity index (χ3v) is 12.3. The Balaban J connectivity index is 1.54. The third kappa shape index (κ3) is 8.18. The van der Waals surface area contributed by atoms with Gasteiger partial charge < -0.3 is 29.6 Å². The van der Waals surface area contributed by atoms with E-state index < -0.39 is 26.1 Å². The van der Waals surface area contributed by atoms with Gasteiger partial charge in [0.25, 0.3) is 8.32 Å². The first kappa shape index (κ1) is 34.8. The minimum atomic E-state index is -2.26. The molecule has 4 rings (SSSR count). The summed E-state index contributed by atoms with van der Waals surface area (Å²) in [6.07, 6.45) is 2.83. The van der Waals surface area contributed by atoms with Gasteiger partial charge in [0.2, 0.25) is 0 Å². The minimum Gasteiger partial charge on any atom is -0.453 e. The van der Waals surface area contributed by atoms with Crippen LogP contribution in [0.4, 0.5) is 9.59 Å². The molecule has 2 N–H and O–H groups in total. The molecular weight excluding hydrogens is 608 g/mol. The summed E-state index contributed by atoms with van der Waals surface area (Å²) in [5.41, 5.74) is 2.01. The number of alkyl carbamates (subject to hydrolysis) is 1. The summed E-state index contributed by atoms with van der Waals surface area (Å²) in [6.45, 7) is 17.4. The lowest BCUT2D eigenvalue weighted by molar-refractivity contribution is -0.141. The van der Waals surface area contributed by atoms with Crippen LogP contribution in [0.5, 0.6) is 0 Å². The molecule has 2 aliphatic rings. The summed E-state index contributed by atoms with van der Waals surface area (Å²) in [4.78, 5) is 38.9. The molecular formula is C31H48N8O6Si. The number of likely N-dealkylation sites (N-methyl/N-ethyl adjacent to an activating group) is 1. The zero-order chi connectivity index (χ0) is 33.7. The molecule has 14 nitrogen and oxygen atoms in total. The lowest BCUT2D eigenvalue weighted by atomic mass is 9.97. The average Bonchev–Trinajstić information content (AvgIpc) is 3.51. The van der Waals surface area contributed by atoms with Gasteiger partial charge in [-0.25, -0.2) is 9.59 Å². The Morgan fingerprint density at radius 1 is 1.15 bits per heavy atom. The van der Waals surface area contributed by atoms with Gasteiger partial charge in [-0.15, -0.1) is 0 Å². The highest BCUT2D eigenvalue weighted by Gasteiger charge is 2.52. The zero-order valence-electron chi connectivity index (χ0n) is 28.4. The van der Waals surface area contributed by atoms with E-state index in [2.05, 4.69) is 59.9 Å². The van der Waals surface area contributed by atoms with Crippen molar-refractivity contribution < 1.29 is 28.5 Å². The number of amidine groups is 1. The highest BCUT2D eigenvalue weighted by Crippen LogP contribution is 2.45. The van der Waals surface area contributed by atoms with Gasteiger partial charge in [-0.3, -0.25) is 9.52 Å². The standard InChI is InChI=1S/C31H48N8O6Si/c1-30(2,3)44-28(40)33-16-18-42-35-15-17-38-25-23(19-34-38)24-20-37(29(41)39(24)43-21-22-13-11-10-12-14-22)26(25)27(32-7)36-45-46(8,9)31(4,5)6/h10-15,19,24,26H,16-18,20-21H2,1-9H3,(H,32,36)(H,33,40)/b35-15+/t24-,26+/m1/s1. The fourth-order valence-electron chi connectivity index (χ4n) is 4.70. The molecule has 0 saturated carbocycles. The van der Waals surface area contributed by atoms with Crippen molar-refractivity contribution in [2.45, 2.75) is 90.5 Å². The van der Waals surface area contributed by atoms with Crippen molar-refractivity contribution in [3.63, 3.8) is 0 Å². The zero-order valence-corrected chi connectivity index (χ0v) is 29.4. The number of rotatable bonds is 12. The summed E-state index contributed by atoms with van der Waals surface area (Å²) in [7, 11) is -0.487. The van der Waals surface area contributed by atoms with Gasteiger partial charge in [0.05, 0.1) is 37.7 Å². The monoisotopic (exact) mass is 656 g/mol. The maximum atomic E-state index is 13.9. The molecule has 2 aliphatic heterocycles. The number of carbonyl (C=O) groups excluding carboxylic acids is 2. The number of fused-ring (bicyclic) bond motifs is 4. The van der Waals surface area contributed by atoms with Crippen LogP contribution in [0, 0.1) is 0 Å². The Bertz CT molecular complexity index is 1420. The Morgan fingerprint density at radius 2 is 1.87 bits per heavy atom. The molecule has 252 valence electrons. The van der Waals surface area contributed by atoms with E-state index in [1.54, 1.807) is 49.8 Å². The largest absolute Gasteiger partial charge is 0.453 e. The molecule has 1 aromatic heterocycles. The van der Waals surface area contributed by atoms with Crippen LogP contribution in [0.25, 0.3) is 0 Å². The lowest BCUT2D eigenvalue weighted by Gasteiger charge is -2.35. The van der Waals surface area contributed by atoms with Gasteiger partial charge in [0, 0.05) is 12.6 Å². The van der Waals surface area contributed by atoms with E-state index >= 15 is 0 Å². The van der Waals surface area contributed by atoms with E-state index in [1.165, 1.54) is 5.06 Å². The van der Waals surface area contributed by atoms with Gasteiger partial charge >= 0.3 is 12.1 Å². The van der Waals surface area contributed by atoms with Crippen LogP contribution in [0.15, 0.2) is 46.8 Å². The number of hydrogen-bond acceptors (Lipinski definition) is 9. The number of aromatic nitrogens is 2. The van der Waals surface area contributed by atoms with Gasteiger partial charge in [-0.2, -0.15) is 10.2 Å². The van der Waals surface area contributed by atoms with Crippen LogP contribution in [0.1, 0.15) is 70.4 Å². The molecule has 2 aromatic rings. The first-order chi connectivity index (χ1) is 21.6. The maximum Gasteiger partial charge on any atom is 0.407 e. The number of urea groups is 1. The number of carbonyl (C=O) groups is 2. The molecule has 1 aromatic carbocycles. The van der Waals surface area contributed by atoms with Gasteiger partial charge in [-0.05, 0) is 44.5 Å². The van der Waals surface area contributed by atoms with E-state index in [0.29, 0.717) is 12.4 Å². The summed E-state index contributed by atoms with van der Waals surface area (Å²) >= 11 is 0. The fourth-order valence-corrected chi connectivity index (χ4v) is 5.30. The van der Waals surface area contributed by atoms with E-state index in [4.69, 9.17) is 18.9 Å². The Morgan fingerprint density at radius 3 is 2.52 bits per heavy atom. The molecule has 46 heavy (non-hydrogen) atoms. The molecule has 3 amide bonds. The summed E-state index contributed by atoms with van der Waals surface area (Å²) in [5, 5.41) is 20.5. The van der Waals surface area contributed by atoms with Gasteiger partial charge in [0.1, 0.15) is 30.9 Å². The number of hydroxylamine groups is 2. The second-order valence-electron chi connectivity index (χ2n) is 13.7. The van der Waals surface area contributed by atoms with Crippen molar-refractivity contribution >= 4 is 32.5 Å². The molecule has 0 aliphatic carbocycles. The highest BCUT2D eigenvalue weighted by atomic mass is 28.4. The van der Waals surface area contributed by atoms with Gasteiger partial charge in [0.15, 0.2) is 5.84 Å². The van der Waals surface area contributed by atoms with Crippen LogP contribution in [0.3, 0.4) is 0 Å². The average molecular weight is 657 g/mol. The molecule has 2 atom stereocenters. The van der Waals surface area contributed by atoms with Crippen molar-refractivity contribution in [2.24, 2.45) is 10.3 Å². The molecule has 1 fully saturated rings. The quantitative estimate of drug-likeness (QED) is 0.108. The number of benzene rings is 1. The minimum absolute atomic E-state index is 0.0651. The molecule has 0 radical (unpaired) electrons. The van der Waals surface area contributed by atoms with Crippen LogP contribution in [-0.2, 0) is 32.1 Å². The Hall–Kier alpha value is -4.11. The molecule has 2 bridgehead atoms. The van der Waals surface area contributed by atoms with Crippen LogP contribution >= 0.6 is 0 Å². The maximum absolute atomic E-state index is 13.9. The molecule has 0 unspecified atom stereocenters. The summed E-state index contributed by atoms with van der Waals surface area (Å²) < 4.78 is 13.2. The normalized spacial score (nSPS) is 18.5. The van der Waals surface area contributed by atoms with Crippen LogP contribution in [-0.4, -0.2) is 84.6 Å². The fraction of sp³-hybridized carbons (Fsp3) is 0.581. The highest BCUT2D eigenvalue weighted by molar-refractivity contribution is 6.74. The number of nitrogens with zero attached hydrogens (tertiary/aromatic N) is 6. The first-order valence-electron chi connectivity index (χ1n) is 15.5. The molecule has 15 heteroatoms. The van der Waals surface area contributed by atoms with E-state index in [-0.39, 0.29) is 43.4 Å². The number of nitrogens with one attached hydrogen (secondary N) is 2. The number of oxime groups is 2. The second kappa shape index (κ2) is 14.1. The van der Waals surface area contributed by atoms with Crippen molar-refractivity contribution in [3.8, 4) is 0 Å². The van der Waals surface area contributed by atoms with Crippen molar-refractivity contribution in [3.05, 3.63) is 53.3 Å². The molecule has 3 heterocycles. The predicted molar refractivity (Wildman–Crippen MR) is 176 cm³/mol. The number of ether oxygens (including phenoxy) is 1. The Kier molecular flexibility index (Phi) is 10.7. The SMILES string of the molecule is CN/C(=N\O[Si](C)(C)C(C)(C)C)[C@@H]1c2c(cnn2C/C=N/OCCNC(=O)OC(C)(C)C)[C@H]2CN1C(=O)N2OCc1ccccc1. The molecule has 1 saturated heterocycles. The van der Waals surface area contributed by atoms with Crippen LogP contribution < -0.4 is 10.6 Å². The van der Waals surface area contributed by atoms with E-state index in [0.717, 1.165) is 16.8 Å². The third-order valence-electron chi connectivity index (χ3n) is 8.10. The number of hydrogen-bond donors (Lipinski definition) is 2. The van der Waals surface area contributed by atoms with Crippen LogP contribution in [0.2, 0.25) is 18.1 Å². The van der Waals surface area contributed by atoms with Crippen molar-refractivity contribution in [2.75, 3.05) is 26.7 Å². The van der Waals surface area contributed by atoms with E-state index in [9.17, 15) is 9.59 Å². The number of amides is 3.